The van der Waals surface area contributed by atoms with Crippen molar-refractivity contribution in [3.05, 3.63) is 47.4 Å². The van der Waals surface area contributed by atoms with Gasteiger partial charge >= 0.3 is 0 Å². The lowest BCUT2D eigenvalue weighted by atomic mass is 10.1. The fourth-order valence-corrected chi connectivity index (χ4v) is 1.56. The third-order valence-electron chi connectivity index (χ3n) is 2.19. The van der Waals surface area contributed by atoms with Gasteiger partial charge in [-0.1, -0.05) is 17.7 Å². The molecule has 4 nitrogen and oxygen atoms in total. The third-order valence-corrected chi connectivity index (χ3v) is 2.39. The molecular formula is C12H12ClN3O. The lowest BCUT2D eigenvalue weighted by Crippen LogP contribution is -2.07. The highest BCUT2D eigenvalue weighted by Crippen LogP contribution is 2.26. The standard InChI is InChI=1S/C12H12ClN3O/c1-8(14)11-3-2-4-16-12(11)17-10-5-9(13)6-15-7-10/h2-8H,14H2,1H3/t8-/m0/s1. The largest absolute Gasteiger partial charge is 0.437 e. The quantitative estimate of drug-likeness (QED) is 0.909. The van der Waals surface area contributed by atoms with E-state index < -0.39 is 0 Å². The van der Waals surface area contributed by atoms with Crippen molar-refractivity contribution < 1.29 is 4.74 Å². The van der Waals surface area contributed by atoms with Crippen LogP contribution in [0.1, 0.15) is 18.5 Å². The Bertz CT molecular complexity index is 517. The van der Waals surface area contributed by atoms with E-state index in [0.717, 1.165) is 5.56 Å². The molecule has 0 aliphatic carbocycles. The fraction of sp³-hybridized carbons (Fsp3) is 0.167. The molecule has 88 valence electrons. The van der Waals surface area contributed by atoms with Crippen molar-refractivity contribution >= 4 is 11.6 Å². The summed E-state index contributed by atoms with van der Waals surface area (Å²) in [6.07, 6.45) is 4.77. The van der Waals surface area contributed by atoms with E-state index in [-0.39, 0.29) is 6.04 Å². The molecule has 2 heterocycles. The highest BCUT2D eigenvalue weighted by Gasteiger charge is 2.09. The molecule has 0 bridgehead atoms. The van der Waals surface area contributed by atoms with E-state index in [0.29, 0.717) is 16.7 Å². The Morgan fingerprint density at radius 2 is 2.24 bits per heavy atom. The second-order valence-corrected chi connectivity index (χ2v) is 4.06. The van der Waals surface area contributed by atoms with Crippen molar-refractivity contribution in [3.63, 3.8) is 0 Å². The van der Waals surface area contributed by atoms with E-state index in [1.165, 1.54) is 0 Å². The summed E-state index contributed by atoms with van der Waals surface area (Å²) in [4.78, 5) is 8.09. The molecule has 17 heavy (non-hydrogen) atoms. The summed E-state index contributed by atoms with van der Waals surface area (Å²) in [5.41, 5.74) is 6.68. The third kappa shape index (κ3) is 2.93. The van der Waals surface area contributed by atoms with Crippen LogP contribution in [-0.2, 0) is 0 Å². The molecule has 0 unspecified atom stereocenters. The zero-order valence-corrected chi connectivity index (χ0v) is 10.1. The normalized spacial score (nSPS) is 12.2. The van der Waals surface area contributed by atoms with Gasteiger partial charge in [0, 0.05) is 30.1 Å². The van der Waals surface area contributed by atoms with Crippen LogP contribution < -0.4 is 10.5 Å². The van der Waals surface area contributed by atoms with E-state index in [2.05, 4.69) is 9.97 Å². The number of pyridine rings is 2. The minimum atomic E-state index is -0.147. The molecule has 0 amide bonds. The molecular weight excluding hydrogens is 238 g/mol. The van der Waals surface area contributed by atoms with E-state index in [1.807, 2.05) is 19.1 Å². The SMILES string of the molecule is C[C@H](N)c1cccnc1Oc1cncc(Cl)c1. The zero-order chi connectivity index (χ0) is 12.3. The van der Waals surface area contributed by atoms with Crippen LogP contribution in [-0.4, -0.2) is 9.97 Å². The molecule has 0 fully saturated rings. The maximum absolute atomic E-state index is 5.84. The smallest absolute Gasteiger partial charge is 0.224 e. The molecule has 2 rings (SSSR count). The Kier molecular flexibility index (Phi) is 3.56. The Hall–Kier alpha value is -1.65. The molecule has 0 saturated carbocycles. The first-order valence-corrected chi connectivity index (χ1v) is 5.53. The summed E-state index contributed by atoms with van der Waals surface area (Å²) in [5, 5.41) is 0.515. The summed E-state index contributed by atoms with van der Waals surface area (Å²) in [7, 11) is 0. The minimum absolute atomic E-state index is 0.147. The van der Waals surface area contributed by atoms with Gasteiger partial charge in [0.05, 0.1) is 11.2 Å². The first kappa shape index (κ1) is 11.8. The Balaban J connectivity index is 2.30. The van der Waals surface area contributed by atoms with Gasteiger partial charge in [0.15, 0.2) is 0 Å². The summed E-state index contributed by atoms with van der Waals surface area (Å²) < 4.78 is 5.61. The van der Waals surface area contributed by atoms with E-state index in [4.69, 9.17) is 22.1 Å². The summed E-state index contributed by atoms with van der Waals surface area (Å²) >= 11 is 5.83. The van der Waals surface area contributed by atoms with E-state index in [1.54, 1.807) is 24.7 Å². The molecule has 1 atom stereocenters. The Labute approximate surface area is 104 Å². The van der Waals surface area contributed by atoms with Gasteiger partial charge in [-0.15, -0.1) is 0 Å². The van der Waals surface area contributed by atoms with Crippen LogP contribution in [0, 0.1) is 0 Å². The van der Waals surface area contributed by atoms with Gasteiger partial charge in [0.25, 0.3) is 0 Å². The van der Waals surface area contributed by atoms with Crippen molar-refractivity contribution in [2.45, 2.75) is 13.0 Å². The topological polar surface area (TPSA) is 61.0 Å². The number of ether oxygens (including phenoxy) is 1. The number of rotatable bonds is 3. The molecule has 0 radical (unpaired) electrons. The van der Waals surface area contributed by atoms with Crippen LogP contribution in [0.5, 0.6) is 11.6 Å². The summed E-state index contributed by atoms with van der Waals surface area (Å²) in [5.74, 6) is 1.02. The van der Waals surface area contributed by atoms with Gasteiger partial charge in [-0.25, -0.2) is 4.98 Å². The molecule has 2 N–H and O–H groups in total. The van der Waals surface area contributed by atoms with Gasteiger partial charge in [0.1, 0.15) is 5.75 Å². The number of nitrogens with zero attached hydrogens (tertiary/aromatic N) is 2. The van der Waals surface area contributed by atoms with Crippen LogP contribution in [0.2, 0.25) is 5.02 Å². The molecule has 0 saturated heterocycles. The zero-order valence-electron chi connectivity index (χ0n) is 9.30. The Morgan fingerprint density at radius 3 is 2.94 bits per heavy atom. The molecule has 0 spiro atoms. The average Bonchev–Trinajstić information content (AvgIpc) is 2.29. The van der Waals surface area contributed by atoms with Crippen molar-refractivity contribution in [1.82, 2.24) is 9.97 Å². The molecule has 2 aromatic rings. The van der Waals surface area contributed by atoms with Crippen LogP contribution in [0.15, 0.2) is 36.8 Å². The molecule has 5 heteroatoms. The number of nitrogens with two attached hydrogens (primary N) is 1. The van der Waals surface area contributed by atoms with Crippen molar-refractivity contribution in [2.24, 2.45) is 5.73 Å². The van der Waals surface area contributed by atoms with Crippen LogP contribution in [0.3, 0.4) is 0 Å². The van der Waals surface area contributed by atoms with Crippen LogP contribution in [0.25, 0.3) is 0 Å². The fourth-order valence-electron chi connectivity index (χ4n) is 1.39. The maximum atomic E-state index is 5.84. The van der Waals surface area contributed by atoms with Crippen molar-refractivity contribution in [1.29, 1.82) is 0 Å². The lowest BCUT2D eigenvalue weighted by molar-refractivity contribution is 0.450. The van der Waals surface area contributed by atoms with E-state index in [9.17, 15) is 0 Å². The molecule has 0 aromatic carbocycles. The maximum Gasteiger partial charge on any atom is 0.224 e. The average molecular weight is 250 g/mol. The first-order chi connectivity index (χ1) is 8.16. The van der Waals surface area contributed by atoms with Crippen LogP contribution in [0.4, 0.5) is 0 Å². The van der Waals surface area contributed by atoms with Gasteiger partial charge in [-0.05, 0) is 13.0 Å². The van der Waals surface area contributed by atoms with Gasteiger partial charge in [-0.3, -0.25) is 4.98 Å². The van der Waals surface area contributed by atoms with Gasteiger partial charge in [0.2, 0.25) is 5.88 Å². The van der Waals surface area contributed by atoms with Crippen LogP contribution >= 0.6 is 11.6 Å². The van der Waals surface area contributed by atoms with Crippen molar-refractivity contribution in [2.75, 3.05) is 0 Å². The number of halogens is 1. The second-order valence-electron chi connectivity index (χ2n) is 3.63. The molecule has 0 aliphatic rings. The lowest BCUT2D eigenvalue weighted by Gasteiger charge is -2.11. The number of hydrogen-bond donors (Lipinski definition) is 1. The molecule has 0 aliphatic heterocycles. The summed E-state index contributed by atoms with van der Waals surface area (Å²) in [6, 6.07) is 5.23. The number of hydrogen-bond acceptors (Lipinski definition) is 4. The van der Waals surface area contributed by atoms with Crippen molar-refractivity contribution in [3.8, 4) is 11.6 Å². The minimum Gasteiger partial charge on any atom is -0.437 e. The Morgan fingerprint density at radius 1 is 1.41 bits per heavy atom. The second kappa shape index (κ2) is 5.12. The predicted molar refractivity (Wildman–Crippen MR) is 66.2 cm³/mol. The highest BCUT2D eigenvalue weighted by molar-refractivity contribution is 6.30. The van der Waals surface area contributed by atoms with Gasteiger partial charge in [-0.2, -0.15) is 0 Å². The first-order valence-electron chi connectivity index (χ1n) is 5.15. The summed E-state index contributed by atoms with van der Waals surface area (Å²) in [6.45, 7) is 1.88. The molecule has 2 aromatic heterocycles. The van der Waals surface area contributed by atoms with Gasteiger partial charge < -0.3 is 10.5 Å². The predicted octanol–water partition coefficient (Wildman–Crippen LogP) is 2.94. The van der Waals surface area contributed by atoms with E-state index >= 15 is 0 Å². The highest BCUT2D eigenvalue weighted by atomic mass is 35.5. The monoisotopic (exact) mass is 249 g/mol. The number of aromatic nitrogens is 2.